The van der Waals surface area contributed by atoms with Crippen LogP contribution in [0.3, 0.4) is 0 Å². The molecular weight excluding hydrogens is 150 g/mol. The third-order valence-electron chi connectivity index (χ3n) is 2.46. The van der Waals surface area contributed by atoms with Crippen LogP contribution in [0.5, 0.6) is 0 Å². The van der Waals surface area contributed by atoms with Gasteiger partial charge in [-0.05, 0) is 23.6 Å². The highest BCUT2D eigenvalue weighted by atomic mass is 16.3. The maximum atomic E-state index is 8.91. The molecule has 2 rings (SSSR count). The largest absolute Gasteiger partial charge is 0.392 e. The van der Waals surface area contributed by atoms with E-state index in [1.165, 1.54) is 11.1 Å². The fourth-order valence-corrected chi connectivity index (χ4v) is 1.71. The summed E-state index contributed by atoms with van der Waals surface area (Å²) in [4.78, 5) is 0. The molecule has 1 aliphatic rings. The molecule has 1 aromatic rings. The summed E-state index contributed by atoms with van der Waals surface area (Å²) in [5.74, 6) is 0. The highest BCUT2D eigenvalue weighted by Gasteiger charge is 2.16. The van der Waals surface area contributed by atoms with Crippen LogP contribution in [-0.4, -0.2) is 5.11 Å². The van der Waals surface area contributed by atoms with Crippen molar-refractivity contribution < 1.29 is 5.11 Å². The molecule has 1 heterocycles. The second-order valence-corrected chi connectivity index (χ2v) is 3.29. The summed E-state index contributed by atoms with van der Waals surface area (Å²) in [6.07, 6.45) is 0. The van der Waals surface area contributed by atoms with E-state index in [2.05, 4.69) is 24.4 Å². The number of aliphatic hydroxyl groups is 1. The summed E-state index contributed by atoms with van der Waals surface area (Å²) in [5.41, 5.74) is 3.70. The lowest BCUT2D eigenvalue weighted by molar-refractivity contribution is 0.281. The molecule has 0 spiro atoms. The molecule has 0 bridgehead atoms. The minimum Gasteiger partial charge on any atom is -0.392 e. The summed E-state index contributed by atoms with van der Waals surface area (Å²) in [6, 6.07) is 6.63. The van der Waals surface area contributed by atoms with E-state index in [-0.39, 0.29) is 6.61 Å². The Morgan fingerprint density at radius 3 is 3.17 bits per heavy atom. The molecule has 1 unspecified atom stereocenters. The third kappa shape index (κ3) is 1.13. The van der Waals surface area contributed by atoms with Gasteiger partial charge in [-0.2, -0.15) is 0 Å². The molecule has 0 saturated carbocycles. The van der Waals surface area contributed by atoms with Gasteiger partial charge in [0.2, 0.25) is 0 Å². The van der Waals surface area contributed by atoms with Crippen molar-refractivity contribution in [3.05, 3.63) is 34.9 Å². The quantitative estimate of drug-likeness (QED) is 0.655. The fourth-order valence-electron chi connectivity index (χ4n) is 1.71. The third-order valence-corrected chi connectivity index (χ3v) is 2.46. The van der Waals surface area contributed by atoms with Crippen molar-refractivity contribution in [1.29, 1.82) is 0 Å². The molecule has 2 heteroatoms. The van der Waals surface area contributed by atoms with Gasteiger partial charge in [0.05, 0.1) is 6.61 Å². The van der Waals surface area contributed by atoms with E-state index in [9.17, 15) is 0 Å². The monoisotopic (exact) mass is 163 g/mol. The molecule has 0 aliphatic carbocycles. The normalized spacial score (nSPS) is 21.0. The highest BCUT2D eigenvalue weighted by molar-refractivity contribution is 5.36. The van der Waals surface area contributed by atoms with Gasteiger partial charge < -0.3 is 10.4 Å². The van der Waals surface area contributed by atoms with Crippen LogP contribution in [0.15, 0.2) is 18.2 Å². The number of benzene rings is 1. The Morgan fingerprint density at radius 1 is 1.58 bits per heavy atom. The van der Waals surface area contributed by atoms with E-state index in [4.69, 9.17) is 5.11 Å². The van der Waals surface area contributed by atoms with Crippen LogP contribution in [0.4, 0.5) is 0 Å². The molecule has 0 radical (unpaired) electrons. The van der Waals surface area contributed by atoms with Gasteiger partial charge >= 0.3 is 0 Å². The highest BCUT2D eigenvalue weighted by Crippen LogP contribution is 2.25. The molecular formula is C10H13NO. The van der Waals surface area contributed by atoms with E-state index in [1.807, 2.05) is 6.07 Å². The topological polar surface area (TPSA) is 32.3 Å². The zero-order valence-corrected chi connectivity index (χ0v) is 7.17. The molecule has 0 saturated heterocycles. The van der Waals surface area contributed by atoms with Crippen molar-refractivity contribution in [3.63, 3.8) is 0 Å². The standard InChI is InChI=1S/C10H13NO/c1-7-10-3-2-8(6-12)4-9(10)5-11-7/h2-4,7,11-12H,5-6H2,1H3. The van der Waals surface area contributed by atoms with E-state index >= 15 is 0 Å². The van der Waals surface area contributed by atoms with Crippen LogP contribution in [0, 0.1) is 0 Å². The molecule has 0 aromatic heterocycles. The first-order valence-electron chi connectivity index (χ1n) is 4.27. The van der Waals surface area contributed by atoms with E-state index < -0.39 is 0 Å². The molecule has 2 nitrogen and oxygen atoms in total. The summed E-state index contributed by atoms with van der Waals surface area (Å²) in [5, 5.41) is 12.3. The molecule has 1 aliphatic heterocycles. The summed E-state index contributed by atoms with van der Waals surface area (Å²) in [7, 11) is 0. The summed E-state index contributed by atoms with van der Waals surface area (Å²) < 4.78 is 0. The van der Waals surface area contributed by atoms with Crippen molar-refractivity contribution in [3.8, 4) is 0 Å². The van der Waals surface area contributed by atoms with Gasteiger partial charge in [-0.15, -0.1) is 0 Å². The van der Waals surface area contributed by atoms with Crippen LogP contribution < -0.4 is 5.32 Å². The van der Waals surface area contributed by atoms with Crippen molar-refractivity contribution in [2.24, 2.45) is 0 Å². The molecule has 2 N–H and O–H groups in total. The molecule has 64 valence electrons. The summed E-state index contributed by atoms with van der Waals surface area (Å²) >= 11 is 0. The van der Waals surface area contributed by atoms with Crippen LogP contribution in [0.2, 0.25) is 0 Å². The fraction of sp³-hybridized carbons (Fsp3) is 0.400. The average Bonchev–Trinajstić information content (AvgIpc) is 2.47. The van der Waals surface area contributed by atoms with Gasteiger partial charge in [-0.3, -0.25) is 0 Å². The van der Waals surface area contributed by atoms with Gasteiger partial charge in [0.1, 0.15) is 0 Å². The molecule has 1 atom stereocenters. The first-order valence-corrected chi connectivity index (χ1v) is 4.27. The first-order chi connectivity index (χ1) is 5.81. The number of rotatable bonds is 1. The maximum Gasteiger partial charge on any atom is 0.0681 e. The number of aliphatic hydroxyl groups excluding tert-OH is 1. The van der Waals surface area contributed by atoms with E-state index in [0.717, 1.165) is 12.1 Å². The lowest BCUT2D eigenvalue weighted by Gasteiger charge is -2.04. The van der Waals surface area contributed by atoms with E-state index in [0.29, 0.717) is 6.04 Å². The number of nitrogens with one attached hydrogen (secondary N) is 1. The smallest absolute Gasteiger partial charge is 0.0681 e. The Bertz CT molecular complexity index is 296. The molecule has 12 heavy (non-hydrogen) atoms. The number of fused-ring (bicyclic) bond motifs is 1. The minimum atomic E-state index is 0.141. The van der Waals surface area contributed by atoms with Crippen molar-refractivity contribution >= 4 is 0 Å². The molecule has 0 fully saturated rings. The van der Waals surface area contributed by atoms with E-state index in [1.54, 1.807) is 0 Å². The Morgan fingerprint density at radius 2 is 2.42 bits per heavy atom. The predicted molar refractivity (Wildman–Crippen MR) is 47.6 cm³/mol. The number of hydrogen-bond donors (Lipinski definition) is 2. The van der Waals surface area contributed by atoms with Gasteiger partial charge in [-0.25, -0.2) is 0 Å². The molecule has 0 amide bonds. The summed E-state index contributed by atoms with van der Waals surface area (Å²) in [6.45, 7) is 3.23. The SMILES string of the molecule is CC1NCc2cc(CO)ccc21. The van der Waals surface area contributed by atoms with Crippen LogP contribution >= 0.6 is 0 Å². The second kappa shape index (κ2) is 2.88. The second-order valence-electron chi connectivity index (χ2n) is 3.29. The molecule has 1 aromatic carbocycles. The Kier molecular flexibility index (Phi) is 1.87. The average molecular weight is 163 g/mol. The van der Waals surface area contributed by atoms with Crippen molar-refractivity contribution in [1.82, 2.24) is 5.32 Å². The zero-order chi connectivity index (χ0) is 8.55. The Hall–Kier alpha value is -0.860. The predicted octanol–water partition coefficient (Wildman–Crippen LogP) is 1.34. The zero-order valence-electron chi connectivity index (χ0n) is 7.17. The Labute approximate surface area is 72.2 Å². The van der Waals surface area contributed by atoms with Crippen LogP contribution in [0.1, 0.15) is 29.7 Å². The van der Waals surface area contributed by atoms with Gasteiger partial charge in [-0.1, -0.05) is 18.2 Å². The lowest BCUT2D eigenvalue weighted by atomic mass is 10.0. The van der Waals surface area contributed by atoms with Crippen LogP contribution in [-0.2, 0) is 13.2 Å². The Balaban J connectivity index is 2.41. The van der Waals surface area contributed by atoms with Crippen molar-refractivity contribution in [2.75, 3.05) is 0 Å². The number of hydrogen-bond acceptors (Lipinski definition) is 2. The van der Waals surface area contributed by atoms with Gasteiger partial charge in [0.15, 0.2) is 0 Å². The minimum absolute atomic E-state index is 0.141. The van der Waals surface area contributed by atoms with Crippen molar-refractivity contribution in [2.45, 2.75) is 26.1 Å². The maximum absolute atomic E-state index is 8.91. The van der Waals surface area contributed by atoms with Gasteiger partial charge in [0.25, 0.3) is 0 Å². The van der Waals surface area contributed by atoms with Crippen LogP contribution in [0.25, 0.3) is 0 Å². The first kappa shape index (κ1) is 7.77. The van der Waals surface area contributed by atoms with Gasteiger partial charge in [0, 0.05) is 12.6 Å². The lowest BCUT2D eigenvalue weighted by Crippen LogP contribution is -2.06.